The van der Waals surface area contributed by atoms with Gasteiger partial charge in [0.25, 0.3) is 5.56 Å². The second kappa shape index (κ2) is 7.95. The number of carbonyl (C=O) groups is 2. The van der Waals surface area contributed by atoms with Gasteiger partial charge in [0.15, 0.2) is 0 Å². The van der Waals surface area contributed by atoms with E-state index in [1.54, 1.807) is 19.9 Å². The summed E-state index contributed by atoms with van der Waals surface area (Å²) in [5.74, 6) is -2.01. The second-order valence-corrected chi connectivity index (χ2v) is 7.21. The number of nitrogens with zero attached hydrogens (tertiary/aromatic N) is 3. The normalized spacial score (nSPS) is 19.4. The quantitative estimate of drug-likeness (QED) is 0.719. The van der Waals surface area contributed by atoms with Crippen LogP contribution in [0.5, 0.6) is 0 Å². The third kappa shape index (κ3) is 3.83. The van der Waals surface area contributed by atoms with Crippen LogP contribution in [0, 0.1) is 25.7 Å². The van der Waals surface area contributed by atoms with Crippen molar-refractivity contribution in [3.8, 4) is 5.95 Å². The lowest BCUT2D eigenvalue weighted by molar-refractivity contribution is -0.147. The van der Waals surface area contributed by atoms with Crippen molar-refractivity contribution in [2.24, 2.45) is 11.8 Å². The van der Waals surface area contributed by atoms with Crippen molar-refractivity contribution in [3.05, 3.63) is 33.4 Å². The van der Waals surface area contributed by atoms with E-state index in [4.69, 9.17) is 0 Å². The molecule has 1 amide bonds. The standard InChI is InChI=1S/C19H25N5O4/c1-4-12-11(3)20-19(22-16(12)25)24-15(9-10(2)23-24)21-17(26)13-7-5-6-8-14(13)18(27)28/h9,13-14H,4-8H2,1-3H3,(H,21,26)(H,27,28)(H,20,22,25)/t13-,14+/m1/s1. The summed E-state index contributed by atoms with van der Waals surface area (Å²) in [5.41, 5.74) is 1.59. The van der Waals surface area contributed by atoms with Crippen molar-refractivity contribution < 1.29 is 14.7 Å². The number of carboxylic acid groups (broad SMARTS) is 1. The Hall–Kier alpha value is -2.97. The molecule has 150 valence electrons. The van der Waals surface area contributed by atoms with E-state index in [0.29, 0.717) is 42.0 Å². The van der Waals surface area contributed by atoms with Gasteiger partial charge in [-0.05, 0) is 33.1 Å². The largest absolute Gasteiger partial charge is 0.481 e. The van der Waals surface area contributed by atoms with Gasteiger partial charge < -0.3 is 10.4 Å². The molecule has 1 fully saturated rings. The lowest BCUT2D eigenvalue weighted by Gasteiger charge is -2.27. The van der Waals surface area contributed by atoms with E-state index in [0.717, 1.165) is 12.8 Å². The molecule has 1 saturated carbocycles. The van der Waals surface area contributed by atoms with Crippen molar-refractivity contribution in [2.75, 3.05) is 5.32 Å². The summed E-state index contributed by atoms with van der Waals surface area (Å²) in [7, 11) is 0. The number of H-pyrrole nitrogens is 1. The fraction of sp³-hybridized carbons (Fsp3) is 0.526. The molecule has 28 heavy (non-hydrogen) atoms. The van der Waals surface area contributed by atoms with E-state index in [1.807, 2.05) is 6.92 Å². The average Bonchev–Trinajstić information content (AvgIpc) is 3.01. The summed E-state index contributed by atoms with van der Waals surface area (Å²) in [6.07, 6.45) is 3.24. The second-order valence-electron chi connectivity index (χ2n) is 7.21. The Labute approximate surface area is 162 Å². The highest BCUT2D eigenvalue weighted by atomic mass is 16.4. The first-order valence-corrected chi connectivity index (χ1v) is 9.52. The zero-order valence-corrected chi connectivity index (χ0v) is 16.3. The number of hydrogen-bond donors (Lipinski definition) is 3. The molecule has 0 radical (unpaired) electrons. The highest BCUT2D eigenvalue weighted by Gasteiger charge is 2.36. The van der Waals surface area contributed by atoms with Gasteiger partial charge in [-0.3, -0.25) is 19.4 Å². The smallest absolute Gasteiger partial charge is 0.307 e. The maximum Gasteiger partial charge on any atom is 0.307 e. The van der Waals surface area contributed by atoms with Gasteiger partial charge in [0.1, 0.15) is 5.82 Å². The summed E-state index contributed by atoms with van der Waals surface area (Å²) in [6, 6.07) is 1.67. The highest BCUT2D eigenvalue weighted by molar-refractivity contribution is 5.94. The predicted octanol–water partition coefficient (Wildman–Crippen LogP) is 1.96. The van der Waals surface area contributed by atoms with E-state index >= 15 is 0 Å². The zero-order chi connectivity index (χ0) is 20.4. The van der Waals surface area contributed by atoms with Crippen LogP contribution in [0.2, 0.25) is 0 Å². The molecule has 1 aliphatic rings. The van der Waals surface area contributed by atoms with Gasteiger partial charge >= 0.3 is 5.97 Å². The van der Waals surface area contributed by atoms with Crippen LogP contribution < -0.4 is 10.9 Å². The summed E-state index contributed by atoms with van der Waals surface area (Å²) in [5, 5.41) is 16.5. The van der Waals surface area contributed by atoms with Crippen LogP contribution in [-0.4, -0.2) is 36.7 Å². The molecule has 9 heteroatoms. The summed E-state index contributed by atoms with van der Waals surface area (Å²) < 4.78 is 1.37. The first kappa shape index (κ1) is 19.8. The van der Waals surface area contributed by atoms with Gasteiger partial charge in [-0.25, -0.2) is 4.98 Å². The molecular formula is C19H25N5O4. The topological polar surface area (TPSA) is 130 Å². The molecule has 3 rings (SSSR count). The molecule has 2 aromatic rings. The van der Waals surface area contributed by atoms with Gasteiger partial charge in [-0.15, -0.1) is 0 Å². The van der Waals surface area contributed by atoms with E-state index in [2.05, 4.69) is 20.4 Å². The van der Waals surface area contributed by atoms with E-state index in [1.165, 1.54) is 4.68 Å². The monoisotopic (exact) mass is 387 g/mol. The number of aliphatic carboxylic acids is 1. The molecule has 1 aliphatic carbocycles. The van der Waals surface area contributed by atoms with Gasteiger partial charge in [0, 0.05) is 17.3 Å². The molecule has 2 heterocycles. The van der Waals surface area contributed by atoms with Crippen molar-refractivity contribution in [2.45, 2.75) is 52.9 Å². The number of rotatable bonds is 5. The Morgan fingerprint density at radius 2 is 1.96 bits per heavy atom. The minimum absolute atomic E-state index is 0.210. The van der Waals surface area contributed by atoms with Crippen molar-refractivity contribution in [1.29, 1.82) is 0 Å². The number of carbonyl (C=O) groups excluding carboxylic acids is 1. The summed E-state index contributed by atoms with van der Waals surface area (Å²) in [6.45, 7) is 5.40. The van der Waals surface area contributed by atoms with Crippen LogP contribution in [0.15, 0.2) is 10.9 Å². The van der Waals surface area contributed by atoms with E-state index < -0.39 is 17.8 Å². The Bertz CT molecular complexity index is 962. The molecule has 0 aliphatic heterocycles. The number of nitrogens with one attached hydrogen (secondary N) is 2. The minimum atomic E-state index is -0.943. The fourth-order valence-corrected chi connectivity index (χ4v) is 3.82. The van der Waals surface area contributed by atoms with Crippen molar-refractivity contribution in [3.63, 3.8) is 0 Å². The summed E-state index contributed by atoms with van der Waals surface area (Å²) in [4.78, 5) is 43.7. The maximum atomic E-state index is 12.8. The molecule has 3 N–H and O–H groups in total. The third-order valence-electron chi connectivity index (χ3n) is 5.27. The Morgan fingerprint density at radius 3 is 2.57 bits per heavy atom. The third-order valence-corrected chi connectivity index (χ3v) is 5.27. The zero-order valence-electron chi connectivity index (χ0n) is 16.3. The Balaban J connectivity index is 1.92. The van der Waals surface area contributed by atoms with E-state index in [-0.39, 0.29) is 17.4 Å². The number of aromatic nitrogens is 4. The molecule has 9 nitrogen and oxygen atoms in total. The minimum Gasteiger partial charge on any atom is -0.481 e. The maximum absolute atomic E-state index is 12.8. The first-order valence-electron chi connectivity index (χ1n) is 9.52. The number of carboxylic acids is 1. The molecular weight excluding hydrogens is 362 g/mol. The molecule has 2 aromatic heterocycles. The average molecular weight is 387 g/mol. The SMILES string of the molecule is CCc1c(C)nc(-n2nc(C)cc2NC(=O)[C@@H]2CCCC[C@@H]2C(=O)O)[nH]c1=O. The number of aryl methyl sites for hydroxylation is 2. The highest BCUT2D eigenvalue weighted by Crippen LogP contribution is 2.31. The lowest BCUT2D eigenvalue weighted by atomic mass is 9.79. The van der Waals surface area contributed by atoms with E-state index in [9.17, 15) is 19.5 Å². The number of hydrogen-bond acceptors (Lipinski definition) is 5. The van der Waals surface area contributed by atoms with Gasteiger partial charge in [-0.1, -0.05) is 19.8 Å². The number of aromatic amines is 1. The molecule has 0 aromatic carbocycles. The van der Waals surface area contributed by atoms with Crippen molar-refractivity contribution in [1.82, 2.24) is 19.7 Å². The number of anilines is 1. The van der Waals surface area contributed by atoms with Gasteiger partial charge in [0.05, 0.1) is 17.5 Å². The van der Waals surface area contributed by atoms with Crippen LogP contribution in [0.3, 0.4) is 0 Å². The first-order chi connectivity index (χ1) is 13.3. The Kier molecular flexibility index (Phi) is 5.62. The van der Waals surface area contributed by atoms with Crippen molar-refractivity contribution >= 4 is 17.7 Å². The molecule has 0 bridgehead atoms. The number of amides is 1. The molecule has 0 unspecified atom stereocenters. The van der Waals surface area contributed by atoms with Crippen LogP contribution in [0.25, 0.3) is 5.95 Å². The molecule has 0 spiro atoms. The molecule has 0 saturated heterocycles. The summed E-state index contributed by atoms with van der Waals surface area (Å²) >= 11 is 0. The van der Waals surface area contributed by atoms with Gasteiger partial charge in [0.2, 0.25) is 11.9 Å². The lowest BCUT2D eigenvalue weighted by Crippen LogP contribution is -2.36. The van der Waals surface area contributed by atoms with Gasteiger partial charge in [-0.2, -0.15) is 9.78 Å². The van der Waals surface area contributed by atoms with Crippen LogP contribution in [0.4, 0.5) is 5.82 Å². The van der Waals surface area contributed by atoms with Crippen LogP contribution in [-0.2, 0) is 16.0 Å². The fourth-order valence-electron chi connectivity index (χ4n) is 3.82. The predicted molar refractivity (Wildman–Crippen MR) is 103 cm³/mol. The Morgan fingerprint density at radius 1 is 1.29 bits per heavy atom. The molecule has 2 atom stereocenters. The van der Waals surface area contributed by atoms with Crippen LogP contribution >= 0.6 is 0 Å². The van der Waals surface area contributed by atoms with Crippen LogP contribution in [0.1, 0.15) is 49.6 Å².